The zero-order valence-electron chi connectivity index (χ0n) is 7.73. The molecule has 0 atom stereocenters. The molecule has 0 aromatic carbocycles. The molecule has 1 fully saturated rings. The average molecular weight is 194 g/mol. The van der Waals surface area contributed by atoms with Crippen molar-refractivity contribution in [2.45, 2.75) is 18.8 Å². The third kappa shape index (κ3) is 1.53. The summed E-state index contributed by atoms with van der Waals surface area (Å²) in [6.07, 6.45) is 3.72. The van der Waals surface area contributed by atoms with Crippen LogP contribution in [-0.2, 0) is 0 Å². The van der Waals surface area contributed by atoms with Crippen molar-refractivity contribution in [3.8, 4) is 5.88 Å². The van der Waals surface area contributed by atoms with Gasteiger partial charge in [-0.1, -0.05) is 0 Å². The fraction of sp³-hybridized carbons (Fsp3) is 0.444. The molecule has 0 saturated heterocycles. The van der Waals surface area contributed by atoms with Gasteiger partial charge in [0, 0.05) is 12.1 Å². The molecular weight excluding hydrogens is 184 g/mol. The summed E-state index contributed by atoms with van der Waals surface area (Å²) in [4.78, 5) is 18.6. The minimum Gasteiger partial charge on any atom is -0.479 e. The molecule has 1 aromatic rings. The van der Waals surface area contributed by atoms with Crippen LogP contribution in [0.5, 0.6) is 5.88 Å². The first-order valence-electron chi connectivity index (χ1n) is 4.36. The largest absolute Gasteiger partial charge is 0.479 e. The topological polar surface area (TPSA) is 72.3 Å². The van der Waals surface area contributed by atoms with Gasteiger partial charge in [-0.3, -0.25) is 0 Å². The van der Waals surface area contributed by atoms with Gasteiger partial charge in [-0.2, -0.15) is 0 Å². The van der Waals surface area contributed by atoms with Gasteiger partial charge in [0.15, 0.2) is 0 Å². The van der Waals surface area contributed by atoms with Crippen molar-refractivity contribution in [3.63, 3.8) is 0 Å². The van der Waals surface area contributed by atoms with Crippen molar-refractivity contribution >= 4 is 5.97 Å². The molecule has 5 heteroatoms. The van der Waals surface area contributed by atoms with Gasteiger partial charge in [0.2, 0.25) is 11.6 Å². The van der Waals surface area contributed by atoms with E-state index in [0.29, 0.717) is 5.92 Å². The molecule has 74 valence electrons. The Kier molecular flexibility index (Phi) is 2.07. The predicted octanol–water partition coefficient (Wildman–Crippen LogP) is 1.06. The molecular formula is C9H10N2O3. The van der Waals surface area contributed by atoms with Crippen LogP contribution in [0.3, 0.4) is 0 Å². The molecule has 0 amide bonds. The second-order valence-electron chi connectivity index (χ2n) is 3.23. The molecule has 1 aliphatic carbocycles. The van der Waals surface area contributed by atoms with Gasteiger partial charge in [0.1, 0.15) is 0 Å². The Morgan fingerprint density at radius 3 is 2.86 bits per heavy atom. The standard InChI is InChI=1S/C9H10N2O3/c1-14-8-7(9(12)13)10-4-6(11-8)5-2-3-5/h4-5H,2-3H2,1H3,(H,12,13). The van der Waals surface area contributed by atoms with Crippen LogP contribution >= 0.6 is 0 Å². The van der Waals surface area contributed by atoms with Crippen molar-refractivity contribution in [1.82, 2.24) is 9.97 Å². The number of rotatable bonds is 3. The van der Waals surface area contributed by atoms with E-state index in [0.717, 1.165) is 18.5 Å². The minimum atomic E-state index is -1.11. The molecule has 14 heavy (non-hydrogen) atoms. The van der Waals surface area contributed by atoms with Crippen molar-refractivity contribution < 1.29 is 14.6 Å². The predicted molar refractivity (Wildman–Crippen MR) is 47.5 cm³/mol. The van der Waals surface area contributed by atoms with Crippen LogP contribution in [0.15, 0.2) is 6.20 Å². The van der Waals surface area contributed by atoms with Gasteiger partial charge in [0.25, 0.3) is 0 Å². The van der Waals surface area contributed by atoms with Crippen molar-refractivity contribution in [1.29, 1.82) is 0 Å². The highest BCUT2D eigenvalue weighted by Gasteiger charge is 2.27. The van der Waals surface area contributed by atoms with Crippen LogP contribution in [0.2, 0.25) is 0 Å². The average Bonchev–Trinajstić information content (AvgIpc) is 3.00. The molecule has 2 rings (SSSR count). The summed E-state index contributed by atoms with van der Waals surface area (Å²) in [5.74, 6) is -0.571. The lowest BCUT2D eigenvalue weighted by atomic mass is 10.3. The fourth-order valence-corrected chi connectivity index (χ4v) is 1.25. The summed E-state index contributed by atoms with van der Waals surface area (Å²) < 4.78 is 4.87. The van der Waals surface area contributed by atoms with E-state index in [1.807, 2.05) is 0 Å². The molecule has 5 nitrogen and oxygen atoms in total. The lowest BCUT2D eigenvalue weighted by Crippen LogP contribution is -2.06. The molecule has 0 radical (unpaired) electrons. The lowest BCUT2D eigenvalue weighted by Gasteiger charge is -2.04. The minimum absolute atomic E-state index is 0.0990. The first-order valence-corrected chi connectivity index (χ1v) is 4.36. The SMILES string of the molecule is COc1nc(C2CC2)cnc1C(=O)O. The van der Waals surface area contributed by atoms with Crippen LogP contribution in [-0.4, -0.2) is 28.2 Å². The zero-order chi connectivity index (χ0) is 10.1. The van der Waals surface area contributed by atoms with Crippen LogP contribution in [0.1, 0.15) is 34.9 Å². The number of carboxylic acid groups (broad SMARTS) is 1. The van der Waals surface area contributed by atoms with E-state index >= 15 is 0 Å². The van der Waals surface area contributed by atoms with E-state index in [9.17, 15) is 4.79 Å². The molecule has 0 aliphatic heterocycles. The first kappa shape index (κ1) is 8.93. The molecule has 0 unspecified atom stereocenters. The van der Waals surface area contributed by atoms with Crippen molar-refractivity contribution in [3.05, 3.63) is 17.6 Å². The summed E-state index contributed by atoms with van der Waals surface area (Å²) in [7, 11) is 1.40. The number of methoxy groups -OCH3 is 1. The third-order valence-electron chi connectivity index (χ3n) is 2.15. The van der Waals surface area contributed by atoms with Crippen molar-refractivity contribution in [2.24, 2.45) is 0 Å². The summed E-state index contributed by atoms with van der Waals surface area (Å²) in [5.41, 5.74) is 0.698. The maximum Gasteiger partial charge on any atom is 0.360 e. The molecule has 0 spiro atoms. The Bertz CT molecular complexity index is 374. The molecule has 1 aromatic heterocycles. The first-order chi connectivity index (χ1) is 6.72. The van der Waals surface area contributed by atoms with Crippen LogP contribution < -0.4 is 4.74 Å². The highest BCUT2D eigenvalue weighted by Crippen LogP contribution is 2.39. The van der Waals surface area contributed by atoms with Gasteiger partial charge in [0.05, 0.1) is 12.8 Å². The van der Waals surface area contributed by atoms with Gasteiger partial charge < -0.3 is 9.84 Å². The molecule has 0 bridgehead atoms. The van der Waals surface area contributed by atoms with E-state index in [1.54, 1.807) is 0 Å². The molecule has 1 heterocycles. The smallest absolute Gasteiger partial charge is 0.360 e. The zero-order valence-corrected chi connectivity index (χ0v) is 7.73. The fourth-order valence-electron chi connectivity index (χ4n) is 1.25. The van der Waals surface area contributed by atoms with E-state index in [2.05, 4.69) is 9.97 Å². The summed E-state index contributed by atoms with van der Waals surface area (Å²) in [6.45, 7) is 0. The number of hydrogen-bond donors (Lipinski definition) is 1. The van der Waals surface area contributed by atoms with E-state index in [1.165, 1.54) is 13.3 Å². The Morgan fingerprint density at radius 2 is 2.36 bits per heavy atom. The number of carboxylic acids is 1. The van der Waals surface area contributed by atoms with E-state index in [4.69, 9.17) is 9.84 Å². The Morgan fingerprint density at radius 1 is 1.64 bits per heavy atom. The molecule has 1 saturated carbocycles. The summed E-state index contributed by atoms with van der Waals surface area (Å²) in [5, 5.41) is 8.76. The van der Waals surface area contributed by atoms with Crippen molar-refractivity contribution in [2.75, 3.05) is 7.11 Å². The number of hydrogen-bond acceptors (Lipinski definition) is 4. The van der Waals surface area contributed by atoms with E-state index < -0.39 is 5.97 Å². The number of aromatic carboxylic acids is 1. The Hall–Kier alpha value is -1.65. The number of ether oxygens (including phenoxy) is 1. The lowest BCUT2D eigenvalue weighted by molar-refractivity contribution is 0.0685. The summed E-state index contributed by atoms with van der Waals surface area (Å²) >= 11 is 0. The molecule has 1 aliphatic rings. The third-order valence-corrected chi connectivity index (χ3v) is 2.15. The van der Waals surface area contributed by atoms with Gasteiger partial charge in [-0.05, 0) is 12.8 Å². The normalized spacial score (nSPS) is 15.2. The highest BCUT2D eigenvalue weighted by molar-refractivity contribution is 5.87. The Labute approximate surface area is 80.8 Å². The second-order valence-corrected chi connectivity index (χ2v) is 3.23. The maximum atomic E-state index is 10.7. The summed E-state index contributed by atoms with van der Waals surface area (Å²) in [6, 6.07) is 0. The van der Waals surface area contributed by atoms with Crippen LogP contribution in [0, 0.1) is 0 Å². The quantitative estimate of drug-likeness (QED) is 0.778. The van der Waals surface area contributed by atoms with Crippen LogP contribution in [0.4, 0.5) is 0 Å². The van der Waals surface area contributed by atoms with Gasteiger partial charge >= 0.3 is 5.97 Å². The Balaban J connectivity index is 2.38. The number of carbonyl (C=O) groups is 1. The van der Waals surface area contributed by atoms with Gasteiger partial charge in [-0.15, -0.1) is 0 Å². The highest BCUT2D eigenvalue weighted by atomic mass is 16.5. The number of aromatic nitrogens is 2. The molecule has 1 N–H and O–H groups in total. The maximum absolute atomic E-state index is 10.7. The van der Waals surface area contributed by atoms with Crippen LogP contribution in [0.25, 0.3) is 0 Å². The van der Waals surface area contributed by atoms with E-state index in [-0.39, 0.29) is 11.6 Å². The second kappa shape index (κ2) is 3.25. The van der Waals surface area contributed by atoms with Gasteiger partial charge in [-0.25, -0.2) is 14.8 Å². The monoisotopic (exact) mass is 194 g/mol. The number of nitrogens with zero attached hydrogens (tertiary/aromatic N) is 2.